The van der Waals surface area contributed by atoms with Crippen molar-refractivity contribution in [1.29, 1.82) is 0 Å². The molecule has 0 N–H and O–H groups in total. The molecule has 0 bridgehead atoms. The Balaban J connectivity index is 2.42. The van der Waals surface area contributed by atoms with Crippen molar-refractivity contribution in [2.45, 2.75) is 6.18 Å². The third-order valence-corrected chi connectivity index (χ3v) is 2.72. The first kappa shape index (κ1) is 15.0. The molecule has 3 nitrogen and oxygen atoms in total. The Hall–Kier alpha value is -2.44. The van der Waals surface area contributed by atoms with Gasteiger partial charge in [0.25, 0.3) is 0 Å². The lowest BCUT2D eigenvalue weighted by Gasteiger charge is -2.08. The number of hydrogen-bond acceptors (Lipinski definition) is 3. The number of aromatic nitrogens is 1. The second-order valence-corrected chi connectivity index (χ2v) is 4.13. The number of ether oxygens (including phenoxy) is 1. The molecule has 7 heteroatoms. The fourth-order valence-electron chi connectivity index (χ4n) is 1.71. The van der Waals surface area contributed by atoms with E-state index in [1.807, 2.05) is 0 Å². The predicted molar refractivity (Wildman–Crippen MR) is 66.0 cm³/mol. The zero-order valence-corrected chi connectivity index (χ0v) is 10.7. The summed E-state index contributed by atoms with van der Waals surface area (Å²) in [5.74, 6) is -1.68. The van der Waals surface area contributed by atoms with Crippen LogP contribution in [0.1, 0.15) is 15.9 Å². The van der Waals surface area contributed by atoms with Crippen molar-refractivity contribution in [3.05, 3.63) is 53.5 Å². The molecule has 0 spiro atoms. The summed E-state index contributed by atoms with van der Waals surface area (Å²) in [7, 11) is 1.14. The van der Waals surface area contributed by atoms with Gasteiger partial charge >= 0.3 is 12.1 Å². The number of rotatable bonds is 2. The Labute approximate surface area is 117 Å². The van der Waals surface area contributed by atoms with Crippen LogP contribution in [0.5, 0.6) is 0 Å². The minimum Gasteiger partial charge on any atom is -0.465 e. The van der Waals surface area contributed by atoms with Crippen LogP contribution >= 0.6 is 0 Å². The second kappa shape index (κ2) is 5.51. The number of esters is 1. The van der Waals surface area contributed by atoms with Gasteiger partial charge in [-0.15, -0.1) is 0 Å². The van der Waals surface area contributed by atoms with Gasteiger partial charge in [-0.3, -0.25) is 0 Å². The lowest BCUT2D eigenvalue weighted by atomic mass is 10.1. The number of alkyl halides is 3. The zero-order chi connectivity index (χ0) is 15.6. The van der Waals surface area contributed by atoms with Crippen molar-refractivity contribution in [3.8, 4) is 11.3 Å². The van der Waals surface area contributed by atoms with E-state index in [0.29, 0.717) is 0 Å². The number of pyridine rings is 1. The van der Waals surface area contributed by atoms with Gasteiger partial charge in [0, 0.05) is 11.6 Å². The summed E-state index contributed by atoms with van der Waals surface area (Å²) in [6, 6.07) is 6.17. The van der Waals surface area contributed by atoms with Crippen LogP contribution in [0.4, 0.5) is 17.6 Å². The molecule has 0 unspecified atom stereocenters. The molecule has 1 aromatic carbocycles. The van der Waals surface area contributed by atoms with Gasteiger partial charge in [-0.05, 0) is 18.2 Å². The lowest BCUT2D eigenvalue weighted by molar-refractivity contribution is -0.137. The van der Waals surface area contributed by atoms with Crippen molar-refractivity contribution in [3.63, 3.8) is 0 Å². The molecule has 2 rings (SSSR count). The standard InChI is InChI=1S/C14H9F4NO2/c1-21-13(20)9-6-11(19-12(15)7-9)8-2-4-10(5-3-8)14(16,17)18/h2-7H,1H3. The van der Waals surface area contributed by atoms with Gasteiger partial charge in [0.2, 0.25) is 5.95 Å². The highest BCUT2D eigenvalue weighted by Gasteiger charge is 2.30. The van der Waals surface area contributed by atoms with E-state index in [1.165, 1.54) is 6.07 Å². The van der Waals surface area contributed by atoms with Crippen LogP contribution in [0.15, 0.2) is 36.4 Å². The van der Waals surface area contributed by atoms with E-state index < -0.39 is 23.7 Å². The highest BCUT2D eigenvalue weighted by Crippen LogP contribution is 2.30. The number of carbonyl (C=O) groups excluding carboxylic acids is 1. The maximum Gasteiger partial charge on any atom is 0.416 e. The molecule has 0 aliphatic rings. The van der Waals surface area contributed by atoms with Crippen LogP contribution in [-0.4, -0.2) is 18.1 Å². The summed E-state index contributed by atoms with van der Waals surface area (Å²) in [4.78, 5) is 14.9. The second-order valence-electron chi connectivity index (χ2n) is 4.13. The third-order valence-electron chi connectivity index (χ3n) is 2.72. The molecule has 0 atom stereocenters. The summed E-state index contributed by atoms with van der Waals surface area (Å²) in [6.45, 7) is 0. The van der Waals surface area contributed by atoms with E-state index in [-0.39, 0.29) is 16.8 Å². The molecule has 21 heavy (non-hydrogen) atoms. The van der Waals surface area contributed by atoms with Crippen LogP contribution in [0.25, 0.3) is 11.3 Å². The van der Waals surface area contributed by atoms with Gasteiger partial charge in [-0.25, -0.2) is 9.78 Å². The molecule has 0 aliphatic carbocycles. The largest absolute Gasteiger partial charge is 0.465 e. The summed E-state index contributed by atoms with van der Waals surface area (Å²) < 4.78 is 55.2. The van der Waals surface area contributed by atoms with E-state index in [0.717, 1.165) is 37.4 Å². The molecule has 2 aromatic rings. The minimum atomic E-state index is -4.45. The van der Waals surface area contributed by atoms with Crippen molar-refractivity contribution >= 4 is 5.97 Å². The zero-order valence-electron chi connectivity index (χ0n) is 10.7. The normalized spacial score (nSPS) is 11.3. The number of methoxy groups -OCH3 is 1. The van der Waals surface area contributed by atoms with Crippen LogP contribution in [-0.2, 0) is 10.9 Å². The highest BCUT2D eigenvalue weighted by molar-refractivity contribution is 5.90. The van der Waals surface area contributed by atoms with Gasteiger partial charge in [-0.2, -0.15) is 17.6 Å². The number of benzene rings is 1. The molecule has 0 saturated carbocycles. The molecule has 1 aromatic heterocycles. The molecule has 0 radical (unpaired) electrons. The Morgan fingerprint density at radius 3 is 2.29 bits per heavy atom. The average Bonchev–Trinajstić information content (AvgIpc) is 2.45. The molecule has 110 valence electrons. The van der Waals surface area contributed by atoms with E-state index in [9.17, 15) is 22.4 Å². The molecule has 0 amide bonds. The number of carbonyl (C=O) groups is 1. The monoisotopic (exact) mass is 299 g/mol. The van der Waals surface area contributed by atoms with Gasteiger partial charge in [-0.1, -0.05) is 12.1 Å². The molecular formula is C14H9F4NO2. The quantitative estimate of drug-likeness (QED) is 0.482. The summed E-state index contributed by atoms with van der Waals surface area (Å²) >= 11 is 0. The van der Waals surface area contributed by atoms with Gasteiger partial charge in [0.15, 0.2) is 0 Å². The van der Waals surface area contributed by atoms with Gasteiger partial charge < -0.3 is 4.74 Å². The number of hydrogen-bond donors (Lipinski definition) is 0. The number of halogens is 4. The molecule has 0 saturated heterocycles. The molecule has 0 aliphatic heterocycles. The highest BCUT2D eigenvalue weighted by atomic mass is 19.4. The summed E-state index contributed by atoms with van der Waals surface area (Å²) in [5.41, 5.74) is -0.590. The lowest BCUT2D eigenvalue weighted by Crippen LogP contribution is -2.05. The van der Waals surface area contributed by atoms with Crippen molar-refractivity contribution < 1.29 is 27.1 Å². The van der Waals surface area contributed by atoms with E-state index in [4.69, 9.17) is 0 Å². The van der Waals surface area contributed by atoms with Crippen LogP contribution in [0.3, 0.4) is 0 Å². The van der Waals surface area contributed by atoms with Crippen molar-refractivity contribution in [2.75, 3.05) is 7.11 Å². The first-order valence-electron chi connectivity index (χ1n) is 5.75. The van der Waals surface area contributed by atoms with E-state index in [2.05, 4.69) is 9.72 Å². The van der Waals surface area contributed by atoms with Crippen molar-refractivity contribution in [1.82, 2.24) is 4.98 Å². The van der Waals surface area contributed by atoms with Crippen LogP contribution < -0.4 is 0 Å². The summed E-state index contributed by atoms with van der Waals surface area (Å²) in [6.07, 6.45) is -4.45. The minimum absolute atomic E-state index is 0.0455. The maximum atomic E-state index is 13.4. The third kappa shape index (κ3) is 3.36. The van der Waals surface area contributed by atoms with Gasteiger partial charge in [0.1, 0.15) is 0 Å². The van der Waals surface area contributed by atoms with E-state index >= 15 is 0 Å². The first-order valence-corrected chi connectivity index (χ1v) is 5.75. The topological polar surface area (TPSA) is 39.2 Å². The summed E-state index contributed by atoms with van der Waals surface area (Å²) in [5, 5.41) is 0. The Morgan fingerprint density at radius 1 is 1.14 bits per heavy atom. The van der Waals surface area contributed by atoms with Crippen molar-refractivity contribution in [2.24, 2.45) is 0 Å². The van der Waals surface area contributed by atoms with Crippen LogP contribution in [0.2, 0.25) is 0 Å². The fourth-order valence-corrected chi connectivity index (χ4v) is 1.71. The van der Waals surface area contributed by atoms with Crippen LogP contribution in [0, 0.1) is 5.95 Å². The first-order chi connectivity index (χ1) is 9.81. The average molecular weight is 299 g/mol. The number of nitrogens with zero attached hydrogens (tertiary/aromatic N) is 1. The Morgan fingerprint density at radius 2 is 1.76 bits per heavy atom. The molecule has 1 heterocycles. The smallest absolute Gasteiger partial charge is 0.416 e. The maximum absolute atomic E-state index is 13.4. The molecular weight excluding hydrogens is 290 g/mol. The predicted octanol–water partition coefficient (Wildman–Crippen LogP) is 3.69. The Kier molecular flexibility index (Phi) is 3.93. The van der Waals surface area contributed by atoms with E-state index in [1.54, 1.807) is 0 Å². The fraction of sp³-hybridized carbons (Fsp3) is 0.143. The SMILES string of the molecule is COC(=O)c1cc(F)nc(-c2ccc(C(F)(F)F)cc2)c1. The molecule has 0 fully saturated rings. The van der Waals surface area contributed by atoms with Gasteiger partial charge in [0.05, 0.1) is 23.9 Å². The Bertz CT molecular complexity index is 666.